The van der Waals surface area contributed by atoms with E-state index in [1.54, 1.807) is 6.92 Å². The predicted octanol–water partition coefficient (Wildman–Crippen LogP) is 3.05. The summed E-state index contributed by atoms with van der Waals surface area (Å²) in [7, 11) is 0. The molecule has 1 heterocycles. The van der Waals surface area contributed by atoms with Gasteiger partial charge in [-0.25, -0.2) is 0 Å². The predicted molar refractivity (Wildman–Crippen MR) is 73.1 cm³/mol. The second-order valence-corrected chi connectivity index (χ2v) is 4.94. The van der Waals surface area contributed by atoms with Crippen LogP contribution in [0.3, 0.4) is 0 Å². The molecule has 0 aromatic heterocycles. The lowest BCUT2D eigenvalue weighted by molar-refractivity contribution is 0.0684. The highest BCUT2D eigenvalue weighted by Gasteiger charge is 2.37. The van der Waals surface area contributed by atoms with Gasteiger partial charge in [-0.05, 0) is 5.56 Å². The summed E-state index contributed by atoms with van der Waals surface area (Å²) in [6.07, 6.45) is -0.419. The van der Waals surface area contributed by atoms with Crippen molar-refractivity contribution in [1.82, 2.24) is 0 Å². The molecular formula is C16H14O4. The Morgan fingerprint density at radius 3 is 2.50 bits per heavy atom. The highest BCUT2D eigenvalue weighted by Crippen LogP contribution is 2.43. The van der Waals surface area contributed by atoms with E-state index in [2.05, 4.69) is 0 Å². The van der Waals surface area contributed by atoms with Gasteiger partial charge in [0.25, 0.3) is 0 Å². The maximum atomic E-state index is 12.4. The Labute approximate surface area is 116 Å². The summed E-state index contributed by atoms with van der Waals surface area (Å²) in [4.78, 5) is 12.4. The number of ketones is 1. The number of phenolic OH excluding ortho intramolecular Hbond substituents is 2. The molecule has 2 unspecified atom stereocenters. The van der Waals surface area contributed by atoms with Crippen molar-refractivity contribution in [2.45, 2.75) is 13.0 Å². The fourth-order valence-electron chi connectivity index (χ4n) is 2.53. The highest BCUT2D eigenvalue weighted by atomic mass is 16.5. The van der Waals surface area contributed by atoms with Crippen molar-refractivity contribution in [3.8, 4) is 17.2 Å². The van der Waals surface area contributed by atoms with Gasteiger partial charge < -0.3 is 14.9 Å². The number of fused-ring (bicyclic) bond motifs is 1. The fourth-order valence-corrected chi connectivity index (χ4v) is 2.53. The molecule has 0 aliphatic carbocycles. The minimum Gasteiger partial charge on any atom is -0.508 e. The van der Waals surface area contributed by atoms with Crippen LogP contribution >= 0.6 is 0 Å². The van der Waals surface area contributed by atoms with Crippen molar-refractivity contribution in [1.29, 1.82) is 0 Å². The SMILES string of the molecule is CC1C(=O)c2c(O)cc(O)cc2OC1c1ccccc1. The normalized spacial score (nSPS) is 21.1. The zero-order chi connectivity index (χ0) is 14.3. The third kappa shape index (κ3) is 1.90. The largest absolute Gasteiger partial charge is 0.508 e. The summed E-state index contributed by atoms with van der Waals surface area (Å²) in [5.41, 5.74) is 1.03. The van der Waals surface area contributed by atoms with Gasteiger partial charge in [0.2, 0.25) is 0 Å². The lowest BCUT2D eigenvalue weighted by Crippen LogP contribution is -2.29. The topological polar surface area (TPSA) is 66.8 Å². The number of hydrogen-bond acceptors (Lipinski definition) is 4. The van der Waals surface area contributed by atoms with Gasteiger partial charge in [-0.15, -0.1) is 0 Å². The molecule has 4 heteroatoms. The van der Waals surface area contributed by atoms with E-state index in [4.69, 9.17) is 4.74 Å². The van der Waals surface area contributed by atoms with E-state index < -0.39 is 12.0 Å². The molecule has 4 nitrogen and oxygen atoms in total. The number of aromatic hydroxyl groups is 2. The van der Waals surface area contributed by atoms with Gasteiger partial charge in [-0.2, -0.15) is 0 Å². The van der Waals surface area contributed by atoms with Crippen molar-refractivity contribution in [2.24, 2.45) is 5.92 Å². The third-order valence-corrected chi connectivity index (χ3v) is 3.56. The van der Waals surface area contributed by atoms with Crippen LogP contribution in [0.25, 0.3) is 0 Å². The maximum absolute atomic E-state index is 12.4. The van der Waals surface area contributed by atoms with Crippen LogP contribution in [0.1, 0.15) is 28.9 Å². The molecule has 0 radical (unpaired) electrons. The Morgan fingerprint density at radius 2 is 1.80 bits per heavy atom. The summed E-state index contributed by atoms with van der Waals surface area (Å²) in [5.74, 6) is -0.740. The average Bonchev–Trinajstić information content (AvgIpc) is 2.43. The molecular weight excluding hydrogens is 256 g/mol. The number of Topliss-reactive ketones (excluding diaryl/α,β-unsaturated/α-hetero) is 1. The third-order valence-electron chi connectivity index (χ3n) is 3.56. The first-order valence-electron chi connectivity index (χ1n) is 6.39. The Kier molecular flexibility index (Phi) is 2.86. The smallest absolute Gasteiger partial charge is 0.177 e. The Bertz CT molecular complexity index is 664. The summed E-state index contributed by atoms with van der Waals surface area (Å²) >= 11 is 0. The molecule has 20 heavy (non-hydrogen) atoms. The minimum absolute atomic E-state index is 0.129. The van der Waals surface area contributed by atoms with Crippen molar-refractivity contribution in [2.75, 3.05) is 0 Å². The molecule has 2 aromatic rings. The molecule has 0 fully saturated rings. The zero-order valence-corrected chi connectivity index (χ0v) is 10.9. The number of ether oxygens (including phenoxy) is 1. The monoisotopic (exact) mass is 270 g/mol. The number of carbonyl (C=O) groups is 1. The van der Waals surface area contributed by atoms with E-state index in [9.17, 15) is 15.0 Å². The Hall–Kier alpha value is -2.49. The Morgan fingerprint density at radius 1 is 1.10 bits per heavy atom. The molecule has 102 valence electrons. The number of rotatable bonds is 1. The van der Waals surface area contributed by atoms with E-state index in [1.807, 2.05) is 30.3 Å². The molecule has 2 N–H and O–H groups in total. The summed E-state index contributed by atoms with van der Waals surface area (Å²) in [6, 6.07) is 11.9. The second kappa shape index (κ2) is 4.56. The first kappa shape index (κ1) is 12.5. The van der Waals surface area contributed by atoms with Gasteiger partial charge in [0.05, 0.1) is 5.92 Å². The molecule has 1 aliphatic rings. The van der Waals surface area contributed by atoms with Crippen molar-refractivity contribution in [3.63, 3.8) is 0 Å². The molecule has 1 aliphatic heterocycles. The van der Waals surface area contributed by atoms with Crippen LogP contribution in [0, 0.1) is 5.92 Å². The quantitative estimate of drug-likeness (QED) is 0.835. The van der Waals surface area contributed by atoms with Crippen molar-refractivity contribution < 1.29 is 19.7 Å². The molecule has 0 spiro atoms. The minimum atomic E-state index is -0.419. The van der Waals surface area contributed by atoms with Crippen LogP contribution in [-0.4, -0.2) is 16.0 Å². The van der Waals surface area contributed by atoms with Gasteiger partial charge in [-0.1, -0.05) is 37.3 Å². The maximum Gasteiger partial charge on any atom is 0.177 e. The summed E-state index contributed by atoms with van der Waals surface area (Å²) in [6.45, 7) is 1.77. The lowest BCUT2D eigenvalue weighted by atomic mass is 9.86. The van der Waals surface area contributed by atoms with Gasteiger partial charge in [0, 0.05) is 12.1 Å². The van der Waals surface area contributed by atoms with Gasteiger partial charge in [-0.3, -0.25) is 4.79 Å². The number of carbonyl (C=O) groups excluding carboxylic acids is 1. The van der Waals surface area contributed by atoms with Crippen LogP contribution in [0.15, 0.2) is 42.5 Å². The van der Waals surface area contributed by atoms with E-state index in [0.717, 1.165) is 11.6 Å². The van der Waals surface area contributed by atoms with Crippen molar-refractivity contribution >= 4 is 5.78 Å². The van der Waals surface area contributed by atoms with Crippen molar-refractivity contribution in [3.05, 3.63) is 53.6 Å². The molecule has 0 bridgehead atoms. The summed E-state index contributed by atoms with van der Waals surface area (Å²) in [5, 5.41) is 19.3. The fraction of sp³-hybridized carbons (Fsp3) is 0.188. The van der Waals surface area contributed by atoms with Crippen LogP contribution in [-0.2, 0) is 0 Å². The number of hydrogen-bond donors (Lipinski definition) is 2. The first-order valence-corrected chi connectivity index (χ1v) is 6.39. The van der Waals surface area contributed by atoms with Crippen LogP contribution < -0.4 is 4.74 Å². The number of phenols is 2. The van der Waals surface area contributed by atoms with Gasteiger partial charge >= 0.3 is 0 Å². The molecule has 2 atom stereocenters. The van der Waals surface area contributed by atoms with Gasteiger partial charge in [0.1, 0.15) is 28.9 Å². The summed E-state index contributed by atoms with van der Waals surface area (Å²) < 4.78 is 5.82. The number of benzene rings is 2. The molecule has 0 amide bonds. The molecule has 2 aromatic carbocycles. The van der Waals surface area contributed by atoms with Crippen LogP contribution in [0.4, 0.5) is 0 Å². The van der Waals surface area contributed by atoms with Gasteiger partial charge in [0.15, 0.2) is 5.78 Å². The first-order chi connectivity index (χ1) is 9.58. The molecule has 0 saturated carbocycles. The molecule has 3 rings (SSSR count). The Balaban J connectivity index is 2.09. The lowest BCUT2D eigenvalue weighted by Gasteiger charge is -2.31. The average molecular weight is 270 g/mol. The second-order valence-electron chi connectivity index (χ2n) is 4.94. The van der Waals surface area contributed by atoms with Crippen LogP contribution in [0.2, 0.25) is 0 Å². The standard InChI is InChI=1S/C16H14O4/c1-9-15(19)14-12(18)7-11(17)8-13(14)20-16(9)10-5-3-2-4-6-10/h2-9,16-18H,1H3. The zero-order valence-electron chi connectivity index (χ0n) is 10.9. The van der Waals surface area contributed by atoms with E-state index in [0.29, 0.717) is 0 Å². The van der Waals surface area contributed by atoms with E-state index >= 15 is 0 Å². The van der Waals surface area contributed by atoms with E-state index in [-0.39, 0.29) is 28.6 Å². The highest BCUT2D eigenvalue weighted by molar-refractivity contribution is 6.04. The van der Waals surface area contributed by atoms with E-state index in [1.165, 1.54) is 6.07 Å². The molecule has 0 saturated heterocycles. The van der Waals surface area contributed by atoms with Crippen LogP contribution in [0.5, 0.6) is 17.2 Å².